The highest BCUT2D eigenvalue weighted by Crippen LogP contribution is 2.40. The third kappa shape index (κ3) is 7.76. The van der Waals surface area contributed by atoms with Crippen molar-refractivity contribution in [2.75, 3.05) is 0 Å². The Morgan fingerprint density at radius 2 is 0.485 bits per heavy atom. The van der Waals surface area contributed by atoms with E-state index in [0.29, 0.717) is 0 Å². The molecule has 8 heteroatoms. The molecule has 338 valence electrons. The number of benzene rings is 7. The van der Waals surface area contributed by atoms with Crippen LogP contribution >= 0.6 is 0 Å². The number of hydrogen-bond acceptors (Lipinski definition) is 4. The van der Waals surface area contributed by atoms with Gasteiger partial charge in [0.25, 0.3) is 0 Å². The predicted octanol–water partition coefficient (Wildman–Crippen LogP) is 14.7. The second-order valence-electron chi connectivity index (χ2n) is 22.1. The molecule has 0 saturated heterocycles. The minimum absolute atomic E-state index is 0.0152. The summed E-state index contributed by atoms with van der Waals surface area (Å²) < 4.78 is 60.6. The summed E-state index contributed by atoms with van der Waals surface area (Å²) in [5.74, 6) is 0. The predicted molar refractivity (Wildman–Crippen MR) is 274 cm³/mol. The molecule has 0 aliphatic rings. The largest absolute Gasteiger partial charge is 0.309 e. The number of fused-ring (bicyclic) bond motifs is 6. The van der Waals surface area contributed by atoms with Crippen molar-refractivity contribution in [3.05, 3.63) is 168 Å². The van der Waals surface area contributed by atoms with Crippen molar-refractivity contribution in [1.29, 1.82) is 0 Å². The minimum Gasteiger partial charge on any atom is -0.309 e. The first-order valence-corrected chi connectivity index (χ1v) is 25.7. The van der Waals surface area contributed by atoms with Crippen LogP contribution in [0.3, 0.4) is 0 Å². The Bertz CT molecular complexity index is 3220. The van der Waals surface area contributed by atoms with Crippen LogP contribution in [0, 0.1) is 0 Å². The Morgan fingerprint density at radius 1 is 0.288 bits per heavy atom. The van der Waals surface area contributed by atoms with Crippen molar-refractivity contribution >= 4 is 63.3 Å². The van der Waals surface area contributed by atoms with Crippen LogP contribution in [-0.4, -0.2) is 26.0 Å². The zero-order chi connectivity index (χ0) is 47.5. The van der Waals surface area contributed by atoms with E-state index in [-0.39, 0.29) is 41.2 Å². The Labute approximate surface area is 390 Å². The van der Waals surface area contributed by atoms with Gasteiger partial charge in [0.15, 0.2) is 0 Å². The summed E-state index contributed by atoms with van der Waals surface area (Å²) in [7, 11) is -7.95. The number of hydrogen-bond donors (Lipinski definition) is 0. The van der Waals surface area contributed by atoms with Crippen LogP contribution in [0.5, 0.6) is 0 Å². The van der Waals surface area contributed by atoms with Crippen molar-refractivity contribution in [3.63, 3.8) is 0 Å². The van der Waals surface area contributed by atoms with Crippen LogP contribution in [-0.2, 0) is 41.3 Å². The molecule has 0 aliphatic heterocycles. The summed E-state index contributed by atoms with van der Waals surface area (Å²) in [6, 6.07) is 45.9. The van der Waals surface area contributed by atoms with Gasteiger partial charge in [-0.05, 0) is 165 Å². The molecule has 6 nitrogen and oxygen atoms in total. The Morgan fingerprint density at radius 3 is 0.682 bits per heavy atom. The van der Waals surface area contributed by atoms with Crippen LogP contribution in [0.25, 0.3) is 55.0 Å². The zero-order valence-electron chi connectivity index (χ0n) is 40.2. The molecule has 0 atom stereocenters. The van der Waals surface area contributed by atoms with Crippen LogP contribution < -0.4 is 0 Å². The molecule has 9 rings (SSSR count). The van der Waals surface area contributed by atoms with Gasteiger partial charge in [0.2, 0.25) is 19.7 Å². The van der Waals surface area contributed by atoms with Crippen LogP contribution in [0.2, 0.25) is 0 Å². The maximum Gasteiger partial charge on any atom is 0.206 e. The average Bonchev–Trinajstić information content (AvgIpc) is 3.77. The van der Waals surface area contributed by atoms with Gasteiger partial charge in [0.05, 0.1) is 41.6 Å². The SMILES string of the molecule is CC(C)(C)c1ccc2c(c1)c1cc(C(C)(C)C)ccc1n2-c1ccc(S(=O)(=O)c2ccc(S(=O)(=O)c3ccc(-n4c5ccc(C(C)(C)C)cc5c5cc(C(C)(C)C)ccc54)cc3)cc2)cc1. The topological polar surface area (TPSA) is 78.1 Å². The van der Waals surface area contributed by atoms with Gasteiger partial charge in [-0.15, -0.1) is 0 Å². The van der Waals surface area contributed by atoms with Gasteiger partial charge < -0.3 is 9.13 Å². The molecule has 9 aromatic rings. The molecule has 0 fully saturated rings. The van der Waals surface area contributed by atoms with E-state index in [4.69, 9.17) is 0 Å². The zero-order valence-corrected chi connectivity index (χ0v) is 41.8. The highest BCUT2D eigenvalue weighted by Gasteiger charge is 2.26. The lowest BCUT2D eigenvalue weighted by Gasteiger charge is -2.19. The van der Waals surface area contributed by atoms with Crippen LogP contribution in [0.15, 0.2) is 165 Å². The first kappa shape index (κ1) is 45.2. The van der Waals surface area contributed by atoms with Gasteiger partial charge in [-0.1, -0.05) is 107 Å². The first-order valence-electron chi connectivity index (χ1n) is 22.7. The van der Waals surface area contributed by atoms with E-state index < -0.39 is 19.7 Å². The second kappa shape index (κ2) is 15.3. The summed E-state index contributed by atoms with van der Waals surface area (Å²) in [4.78, 5) is 0.276. The van der Waals surface area contributed by atoms with E-state index in [1.165, 1.54) is 46.5 Å². The van der Waals surface area contributed by atoms with E-state index >= 15 is 0 Å². The second-order valence-corrected chi connectivity index (χ2v) is 26.0. The van der Waals surface area contributed by atoms with E-state index in [2.05, 4.69) is 165 Å². The average molecular weight is 913 g/mol. The normalized spacial score (nSPS) is 13.4. The summed E-state index contributed by atoms with van der Waals surface area (Å²) in [5, 5.41) is 4.61. The molecule has 0 N–H and O–H groups in total. The van der Waals surface area contributed by atoms with E-state index in [9.17, 15) is 16.8 Å². The van der Waals surface area contributed by atoms with Crippen molar-refractivity contribution in [2.24, 2.45) is 0 Å². The van der Waals surface area contributed by atoms with Gasteiger partial charge in [0.1, 0.15) is 0 Å². The molecule has 2 aromatic heterocycles. The fraction of sp³-hybridized carbons (Fsp3) is 0.276. The van der Waals surface area contributed by atoms with Gasteiger partial charge in [-0.25, -0.2) is 16.8 Å². The fourth-order valence-electron chi connectivity index (χ4n) is 9.09. The molecule has 0 radical (unpaired) electrons. The maximum atomic E-state index is 14.1. The molecule has 66 heavy (non-hydrogen) atoms. The molecule has 0 amide bonds. The molecule has 0 saturated carbocycles. The van der Waals surface area contributed by atoms with E-state index in [1.807, 2.05) is 24.3 Å². The summed E-state index contributed by atoms with van der Waals surface area (Å²) in [5.41, 5.74) is 10.7. The molecule has 0 spiro atoms. The lowest BCUT2D eigenvalue weighted by Crippen LogP contribution is -2.10. The minimum atomic E-state index is -3.98. The van der Waals surface area contributed by atoms with E-state index in [1.54, 1.807) is 24.3 Å². The highest BCUT2D eigenvalue weighted by molar-refractivity contribution is 7.92. The van der Waals surface area contributed by atoms with Gasteiger partial charge >= 0.3 is 0 Å². The molecular weight excluding hydrogens is 853 g/mol. The number of sulfone groups is 2. The molecule has 0 bridgehead atoms. The quantitative estimate of drug-likeness (QED) is 0.166. The van der Waals surface area contributed by atoms with Crippen molar-refractivity contribution in [1.82, 2.24) is 9.13 Å². The lowest BCUT2D eigenvalue weighted by atomic mass is 9.85. The third-order valence-corrected chi connectivity index (χ3v) is 16.8. The fourth-order valence-corrected chi connectivity index (χ4v) is 11.6. The monoisotopic (exact) mass is 912 g/mol. The highest BCUT2D eigenvalue weighted by atomic mass is 32.2. The van der Waals surface area contributed by atoms with Crippen molar-refractivity contribution < 1.29 is 16.8 Å². The molecular formula is C58H60N2O4S2. The van der Waals surface area contributed by atoms with Crippen molar-refractivity contribution in [3.8, 4) is 11.4 Å². The summed E-state index contributed by atoms with van der Waals surface area (Å²) in [6.07, 6.45) is 0. The number of aromatic nitrogens is 2. The maximum absolute atomic E-state index is 14.1. The molecule has 7 aromatic carbocycles. The molecule has 0 aliphatic carbocycles. The molecule has 0 unspecified atom stereocenters. The summed E-state index contributed by atoms with van der Waals surface area (Å²) in [6.45, 7) is 26.6. The van der Waals surface area contributed by atoms with Crippen LogP contribution in [0.4, 0.5) is 0 Å². The lowest BCUT2D eigenvalue weighted by molar-refractivity contribution is 0.590. The van der Waals surface area contributed by atoms with Gasteiger partial charge in [-0.3, -0.25) is 0 Å². The first-order chi connectivity index (χ1) is 30.7. The van der Waals surface area contributed by atoms with Crippen molar-refractivity contribution in [2.45, 2.75) is 124 Å². The van der Waals surface area contributed by atoms with Crippen LogP contribution in [0.1, 0.15) is 105 Å². The molecule has 2 heterocycles. The van der Waals surface area contributed by atoms with Gasteiger partial charge in [0, 0.05) is 32.9 Å². The number of rotatable bonds is 6. The Hall–Kier alpha value is -5.96. The Kier molecular flexibility index (Phi) is 10.5. The standard InChI is InChI=1S/C58H60N2O4S2/c1-55(2,3)37-13-29-51-47(33-37)48-34-38(56(4,5)6)14-30-52(48)59(51)41-17-21-43(22-18-41)65(61,62)45-25-27-46(28-26-45)66(63,64)44-23-19-42(20-24-44)60-53-31-15-39(57(7,8)9)35-49(53)50-36-40(58(10,11)12)16-32-54(50)60/h13-36H,1-12H3. The van der Waals surface area contributed by atoms with E-state index in [0.717, 1.165) is 55.0 Å². The van der Waals surface area contributed by atoms with Gasteiger partial charge in [-0.2, -0.15) is 0 Å². The summed E-state index contributed by atoms with van der Waals surface area (Å²) >= 11 is 0. The third-order valence-electron chi connectivity index (χ3n) is 13.2. The smallest absolute Gasteiger partial charge is 0.206 e. The Balaban J connectivity index is 1.02. The number of nitrogens with zero attached hydrogens (tertiary/aromatic N) is 2.